The van der Waals surface area contributed by atoms with E-state index in [1.165, 1.54) is 17.0 Å². The smallest absolute Gasteiger partial charge is 0.126 e. The van der Waals surface area contributed by atoms with Gasteiger partial charge in [-0.2, -0.15) is 0 Å². The molecule has 2 unspecified atom stereocenters. The first-order valence-electron chi connectivity index (χ1n) is 6.09. The van der Waals surface area contributed by atoms with Crippen LogP contribution in [0, 0.1) is 5.82 Å². The summed E-state index contributed by atoms with van der Waals surface area (Å²) in [6.07, 6.45) is 0. The molecule has 4 heteroatoms. The van der Waals surface area contributed by atoms with E-state index in [0.29, 0.717) is 5.75 Å². The van der Waals surface area contributed by atoms with E-state index in [-0.39, 0.29) is 17.1 Å². The highest BCUT2D eigenvalue weighted by atomic mass is 35.5. The average molecular weight is 299 g/mol. The van der Waals surface area contributed by atoms with Crippen molar-refractivity contribution >= 4 is 22.9 Å². The largest absolute Gasteiger partial charge is 0.496 e. The molecule has 0 amide bonds. The molecule has 0 bridgehead atoms. The molecule has 0 radical (unpaired) electrons. The lowest BCUT2D eigenvalue weighted by Gasteiger charge is -2.17. The van der Waals surface area contributed by atoms with E-state index >= 15 is 0 Å². The molecule has 0 aliphatic carbocycles. The summed E-state index contributed by atoms with van der Waals surface area (Å²) in [5.74, 6) is 0.422. The van der Waals surface area contributed by atoms with Gasteiger partial charge in [0, 0.05) is 22.4 Å². The molecule has 0 saturated carbocycles. The number of ether oxygens (including phenoxy) is 1. The van der Waals surface area contributed by atoms with Gasteiger partial charge in [-0.3, -0.25) is 0 Å². The zero-order valence-electron chi connectivity index (χ0n) is 11.1. The number of halogens is 2. The highest BCUT2D eigenvalue weighted by Crippen LogP contribution is 2.39. The minimum Gasteiger partial charge on any atom is -0.496 e. The minimum absolute atomic E-state index is 0.0323. The number of methoxy groups -OCH3 is 1. The monoisotopic (exact) mass is 298 g/mol. The minimum atomic E-state index is -0.287. The predicted molar refractivity (Wildman–Crippen MR) is 79.1 cm³/mol. The number of rotatable bonds is 4. The van der Waals surface area contributed by atoms with Crippen molar-refractivity contribution < 1.29 is 9.13 Å². The first-order valence-corrected chi connectivity index (χ1v) is 7.41. The van der Waals surface area contributed by atoms with Crippen LogP contribution >= 0.6 is 22.9 Å². The Morgan fingerprint density at radius 3 is 2.58 bits per heavy atom. The van der Waals surface area contributed by atoms with E-state index in [1.54, 1.807) is 24.5 Å². The number of alkyl halides is 1. The quantitative estimate of drug-likeness (QED) is 0.692. The van der Waals surface area contributed by atoms with Crippen LogP contribution in [0.2, 0.25) is 0 Å². The van der Waals surface area contributed by atoms with E-state index in [1.807, 2.05) is 18.4 Å². The van der Waals surface area contributed by atoms with Crippen molar-refractivity contribution in [3.63, 3.8) is 0 Å². The molecule has 2 rings (SSSR count). The second kappa shape index (κ2) is 5.93. The molecule has 1 aromatic carbocycles. The molecule has 0 aliphatic heterocycles. The maximum absolute atomic E-state index is 13.2. The van der Waals surface area contributed by atoms with Gasteiger partial charge in [0.1, 0.15) is 11.6 Å². The molecule has 1 heterocycles. The topological polar surface area (TPSA) is 9.23 Å². The lowest BCUT2D eigenvalue weighted by atomic mass is 9.95. The van der Waals surface area contributed by atoms with Crippen LogP contribution in [0.1, 0.15) is 41.1 Å². The Bertz CT molecular complexity index is 565. The van der Waals surface area contributed by atoms with Crippen molar-refractivity contribution in [2.45, 2.75) is 25.1 Å². The Morgan fingerprint density at radius 2 is 1.95 bits per heavy atom. The standard InChI is InChI=1S/C15H16ClFOS/c1-9(15-13(10(2)16)6-7-19-15)12-5-4-11(17)8-14(12)18-3/h4-10H,1-3H3. The lowest BCUT2D eigenvalue weighted by molar-refractivity contribution is 0.405. The second-order valence-corrected chi connectivity index (χ2v) is 6.07. The molecule has 0 fully saturated rings. The molecule has 0 aliphatic rings. The van der Waals surface area contributed by atoms with Crippen LogP contribution in [-0.4, -0.2) is 7.11 Å². The molecule has 102 valence electrons. The third-order valence-electron chi connectivity index (χ3n) is 3.21. The average Bonchev–Trinajstić information content (AvgIpc) is 2.87. The normalized spacial score (nSPS) is 14.2. The third-order valence-corrected chi connectivity index (χ3v) is 4.56. The van der Waals surface area contributed by atoms with E-state index in [2.05, 4.69) is 6.92 Å². The molecular weight excluding hydrogens is 283 g/mol. The van der Waals surface area contributed by atoms with Crippen LogP contribution in [0.4, 0.5) is 4.39 Å². The van der Waals surface area contributed by atoms with E-state index in [4.69, 9.17) is 16.3 Å². The molecule has 0 spiro atoms. The van der Waals surface area contributed by atoms with Crippen LogP contribution in [0.25, 0.3) is 0 Å². The summed E-state index contributed by atoms with van der Waals surface area (Å²) in [5.41, 5.74) is 2.11. The van der Waals surface area contributed by atoms with Crippen LogP contribution < -0.4 is 4.74 Å². The summed E-state index contributed by atoms with van der Waals surface area (Å²) in [5, 5.41) is 2.01. The van der Waals surface area contributed by atoms with Crippen molar-refractivity contribution in [3.8, 4) is 5.75 Å². The Balaban J connectivity index is 2.44. The molecule has 19 heavy (non-hydrogen) atoms. The Hall–Kier alpha value is -1.06. The zero-order valence-corrected chi connectivity index (χ0v) is 12.7. The first-order chi connectivity index (χ1) is 9.04. The highest BCUT2D eigenvalue weighted by molar-refractivity contribution is 7.10. The van der Waals surface area contributed by atoms with Crippen molar-refractivity contribution in [1.82, 2.24) is 0 Å². The number of thiophene rings is 1. The molecule has 0 saturated heterocycles. The fraction of sp³-hybridized carbons (Fsp3) is 0.333. The van der Waals surface area contributed by atoms with Gasteiger partial charge in [-0.15, -0.1) is 22.9 Å². The van der Waals surface area contributed by atoms with Crippen molar-refractivity contribution in [2.75, 3.05) is 7.11 Å². The first kappa shape index (κ1) is 14.4. The Kier molecular flexibility index (Phi) is 4.48. The summed E-state index contributed by atoms with van der Waals surface area (Å²) >= 11 is 7.87. The Morgan fingerprint density at radius 1 is 1.21 bits per heavy atom. The SMILES string of the molecule is COc1cc(F)ccc1C(C)c1sccc1C(C)Cl. The van der Waals surface area contributed by atoms with Crippen LogP contribution in [-0.2, 0) is 0 Å². The molecule has 1 nitrogen and oxygen atoms in total. The van der Waals surface area contributed by atoms with Crippen molar-refractivity contribution in [1.29, 1.82) is 0 Å². The Labute approximate surface area is 122 Å². The van der Waals surface area contributed by atoms with E-state index in [9.17, 15) is 4.39 Å². The van der Waals surface area contributed by atoms with Gasteiger partial charge >= 0.3 is 0 Å². The van der Waals surface area contributed by atoms with Crippen LogP contribution in [0.15, 0.2) is 29.6 Å². The highest BCUT2D eigenvalue weighted by Gasteiger charge is 2.20. The van der Waals surface area contributed by atoms with Gasteiger partial charge in [-0.25, -0.2) is 4.39 Å². The van der Waals surface area contributed by atoms with Gasteiger partial charge in [-0.05, 0) is 30.0 Å². The van der Waals surface area contributed by atoms with Gasteiger partial charge in [0.05, 0.1) is 12.5 Å². The van der Waals surface area contributed by atoms with Gasteiger partial charge in [-0.1, -0.05) is 13.0 Å². The summed E-state index contributed by atoms with van der Waals surface area (Å²) in [6, 6.07) is 6.71. The molecular formula is C15H16ClFOS. The molecule has 1 aromatic heterocycles. The lowest BCUT2D eigenvalue weighted by Crippen LogP contribution is -2.01. The van der Waals surface area contributed by atoms with E-state index < -0.39 is 0 Å². The van der Waals surface area contributed by atoms with Gasteiger partial charge in [0.2, 0.25) is 0 Å². The number of hydrogen-bond acceptors (Lipinski definition) is 2. The summed E-state index contributed by atoms with van der Waals surface area (Å²) < 4.78 is 18.5. The predicted octanol–water partition coefficient (Wildman–Crippen LogP) is 5.35. The fourth-order valence-corrected chi connectivity index (χ4v) is 3.52. The number of benzene rings is 1. The fourth-order valence-electron chi connectivity index (χ4n) is 2.20. The van der Waals surface area contributed by atoms with E-state index in [0.717, 1.165) is 11.1 Å². The number of hydrogen-bond donors (Lipinski definition) is 0. The maximum Gasteiger partial charge on any atom is 0.126 e. The van der Waals surface area contributed by atoms with Crippen molar-refractivity contribution in [3.05, 3.63) is 51.5 Å². The molecule has 0 N–H and O–H groups in total. The second-order valence-electron chi connectivity index (χ2n) is 4.46. The van der Waals surface area contributed by atoms with Gasteiger partial charge in [0.15, 0.2) is 0 Å². The van der Waals surface area contributed by atoms with Crippen LogP contribution in [0.5, 0.6) is 5.75 Å². The summed E-state index contributed by atoms with van der Waals surface area (Å²) in [4.78, 5) is 1.20. The van der Waals surface area contributed by atoms with Gasteiger partial charge in [0.25, 0.3) is 0 Å². The van der Waals surface area contributed by atoms with Gasteiger partial charge < -0.3 is 4.74 Å². The summed E-state index contributed by atoms with van der Waals surface area (Å²) in [6.45, 7) is 4.05. The summed E-state index contributed by atoms with van der Waals surface area (Å²) in [7, 11) is 1.56. The van der Waals surface area contributed by atoms with Crippen LogP contribution in [0.3, 0.4) is 0 Å². The zero-order chi connectivity index (χ0) is 14.0. The molecule has 2 aromatic rings. The third kappa shape index (κ3) is 2.93. The molecule has 2 atom stereocenters. The van der Waals surface area contributed by atoms with Crippen molar-refractivity contribution in [2.24, 2.45) is 0 Å². The maximum atomic E-state index is 13.2.